The number of rotatable bonds is 2. The Kier molecular flexibility index (Phi) is 4.47. The molecular formula is C14H18BrNO3. The smallest absolute Gasteiger partial charge is 0.253 e. The minimum absolute atomic E-state index is 0.0648. The van der Waals surface area contributed by atoms with Gasteiger partial charge in [0.25, 0.3) is 5.91 Å². The molecule has 2 rings (SSSR count). The fourth-order valence-corrected chi connectivity index (χ4v) is 2.66. The molecule has 0 bridgehead atoms. The van der Waals surface area contributed by atoms with Crippen molar-refractivity contribution in [3.63, 3.8) is 0 Å². The van der Waals surface area contributed by atoms with Crippen LogP contribution in [0.1, 0.15) is 30.1 Å². The van der Waals surface area contributed by atoms with Gasteiger partial charge in [-0.05, 0) is 53.9 Å². The molecule has 0 aromatic heterocycles. The van der Waals surface area contributed by atoms with Crippen LogP contribution in [0.5, 0.6) is 5.75 Å². The average Bonchev–Trinajstić information content (AvgIpc) is 2.41. The van der Waals surface area contributed by atoms with Crippen LogP contribution in [0.25, 0.3) is 0 Å². The lowest BCUT2D eigenvalue weighted by Gasteiger charge is -2.34. The number of carbonyl (C=O) groups excluding carboxylic acids is 1. The quantitative estimate of drug-likeness (QED) is 0.876. The number of piperidine rings is 1. The van der Waals surface area contributed by atoms with Crippen LogP contribution in [0.3, 0.4) is 0 Å². The molecule has 104 valence electrons. The number of halogens is 1. The predicted octanol–water partition coefficient (Wildman–Crippen LogP) is 2.39. The molecule has 1 aliphatic heterocycles. The van der Waals surface area contributed by atoms with Gasteiger partial charge >= 0.3 is 0 Å². The molecule has 1 aromatic rings. The molecule has 0 spiro atoms. The van der Waals surface area contributed by atoms with Crippen molar-refractivity contribution >= 4 is 21.8 Å². The SMILES string of the molecule is C[C@H](O)[C@@H]1CCCN(C(=O)c2ccc(Br)c(O)c2)C1. The standard InChI is InChI=1S/C14H18BrNO3/c1-9(17)11-3-2-6-16(8-11)14(19)10-4-5-12(15)13(18)7-10/h4-5,7,9,11,17-18H,2-3,6,8H2,1H3/t9-,11+/m0/s1. The molecule has 1 fully saturated rings. The lowest BCUT2D eigenvalue weighted by molar-refractivity contribution is 0.0465. The molecule has 2 N–H and O–H groups in total. The Labute approximate surface area is 121 Å². The third kappa shape index (κ3) is 3.28. The molecule has 5 heteroatoms. The Morgan fingerprint density at radius 1 is 1.53 bits per heavy atom. The van der Waals surface area contributed by atoms with Crippen molar-refractivity contribution in [1.82, 2.24) is 4.90 Å². The van der Waals surface area contributed by atoms with Gasteiger partial charge in [-0.2, -0.15) is 0 Å². The maximum absolute atomic E-state index is 12.3. The van der Waals surface area contributed by atoms with Gasteiger partial charge in [-0.15, -0.1) is 0 Å². The van der Waals surface area contributed by atoms with Crippen LogP contribution in [0.2, 0.25) is 0 Å². The summed E-state index contributed by atoms with van der Waals surface area (Å²) in [6, 6.07) is 4.83. The first kappa shape index (κ1) is 14.3. The molecule has 0 unspecified atom stereocenters. The van der Waals surface area contributed by atoms with E-state index >= 15 is 0 Å². The molecule has 1 saturated heterocycles. The maximum atomic E-state index is 12.3. The van der Waals surface area contributed by atoms with Gasteiger partial charge in [-0.3, -0.25) is 4.79 Å². The molecule has 1 aromatic carbocycles. The van der Waals surface area contributed by atoms with Gasteiger partial charge in [0.2, 0.25) is 0 Å². The minimum atomic E-state index is -0.395. The van der Waals surface area contributed by atoms with Crippen molar-refractivity contribution in [3.05, 3.63) is 28.2 Å². The van der Waals surface area contributed by atoms with Gasteiger partial charge in [-0.1, -0.05) is 0 Å². The highest BCUT2D eigenvalue weighted by atomic mass is 79.9. The van der Waals surface area contributed by atoms with E-state index in [1.807, 2.05) is 0 Å². The third-order valence-electron chi connectivity index (χ3n) is 3.62. The average molecular weight is 328 g/mol. The van der Waals surface area contributed by atoms with E-state index in [-0.39, 0.29) is 17.6 Å². The number of carbonyl (C=O) groups is 1. The Balaban J connectivity index is 2.12. The van der Waals surface area contributed by atoms with Gasteiger partial charge < -0.3 is 15.1 Å². The number of phenolic OH excluding ortho intramolecular Hbond substituents is 1. The van der Waals surface area contributed by atoms with E-state index in [1.165, 1.54) is 6.07 Å². The number of aliphatic hydroxyl groups is 1. The van der Waals surface area contributed by atoms with Gasteiger partial charge in [0.05, 0.1) is 10.6 Å². The summed E-state index contributed by atoms with van der Waals surface area (Å²) in [5.41, 5.74) is 0.479. The van der Waals surface area contributed by atoms with E-state index < -0.39 is 6.10 Å². The van der Waals surface area contributed by atoms with Crippen LogP contribution in [-0.2, 0) is 0 Å². The summed E-state index contributed by atoms with van der Waals surface area (Å²) in [4.78, 5) is 14.1. The van der Waals surface area contributed by atoms with Gasteiger partial charge in [0.1, 0.15) is 5.75 Å². The summed E-state index contributed by atoms with van der Waals surface area (Å²) >= 11 is 3.20. The highest BCUT2D eigenvalue weighted by Crippen LogP contribution is 2.26. The molecule has 4 nitrogen and oxygen atoms in total. The van der Waals surface area contributed by atoms with Gasteiger partial charge in [-0.25, -0.2) is 0 Å². The minimum Gasteiger partial charge on any atom is -0.507 e. The van der Waals surface area contributed by atoms with E-state index in [9.17, 15) is 15.0 Å². The van der Waals surface area contributed by atoms with Gasteiger partial charge in [0.15, 0.2) is 0 Å². The van der Waals surface area contributed by atoms with Crippen molar-refractivity contribution in [2.45, 2.75) is 25.9 Å². The van der Waals surface area contributed by atoms with Crippen LogP contribution < -0.4 is 0 Å². The summed E-state index contributed by atoms with van der Waals surface area (Å²) in [7, 11) is 0. The molecule has 19 heavy (non-hydrogen) atoms. The first-order valence-corrected chi connectivity index (χ1v) is 7.24. The van der Waals surface area contributed by atoms with Crippen LogP contribution >= 0.6 is 15.9 Å². The summed E-state index contributed by atoms with van der Waals surface area (Å²) in [5, 5.41) is 19.3. The van der Waals surface area contributed by atoms with Crippen molar-refractivity contribution in [2.24, 2.45) is 5.92 Å². The number of amides is 1. The Bertz CT molecular complexity index is 476. The number of aliphatic hydroxyl groups excluding tert-OH is 1. The van der Waals surface area contributed by atoms with Crippen molar-refractivity contribution in [1.29, 1.82) is 0 Å². The van der Waals surface area contributed by atoms with Crippen LogP contribution in [0.15, 0.2) is 22.7 Å². The molecule has 1 amide bonds. The monoisotopic (exact) mass is 327 g/mol. The highest BCUT2D eigenvalue weighted by molar-refractivity contribution is 9.10. The second-order valence-electron chi connectivity index (χ2n) is 5.06. The fourth-order valence-electron chi connectivity index (χ4n) is 2.42. The normalized spacial score (nSPS) is 21.2. The van der Waals surface area contributed by atoms with Gasteiger partial charge in [0, 0.05) is 24.6 Å². The van der Waals surface area contributed by atoms with Crippen LogP contribution in [0.4, 0.5) is 0 Å². The number of phenols is 1. The summed E-state index contributed by atoms with van der Waals surface area (Å²) in [5.74, 6) is 0.116. The number of benzene rings is 1. The largest absolute Gasteiger partial charge is 0.507 e. The predicted molar refractivity (Wildman–Crippen MR) is 76.1 cm³/mol. The van der Waals surface area contributed by atoms with E-state index in [1.54, 1.807) is 24.0 Å². The summed E-state index contributed by atoms with van der Waals surface area (Å²) in [6.07, 6.45) is 1.46. The number of hydrogen-bond acceptors (Lipinski definition) is 3. The molecule has 2 atom stereocenters. The Morgan fingerprint density at radius 2 is 2.26 bits per heavy atom. The molecule has 0 saturated carbocycles. The maximum Gasteiger partial charge on any atom is 0.253 e. The van der Waals surface area contributed by atoms with E-state index in [0.29, 0.717) is 23.1 Å². The van der Waals surface area contributed by atoms with Crippen molar-refractivity contribution < 1.29 is 15.0 Å². The summed E-state index contributed by atoms with van der Waals surface area (Å²) < 4.78 is 0.574. The topological polar surface area (TPSA) is 60.8 Å². The first-order chi connectivity index (χ1) is 8.99. The number of hydrogen-bond donors (Lipinski definition) is 2. The van der Waals surface area contributed by atoms with Crippen LogP contribution in [0, 0.1) is 5.92 Å². The van der Waals surface area contributed by atoms with Crippen molar-refractivity contribution in [2.75, 3.05) is 13.1 Å². The summed E-state index contributed by atoms with van der Waals surface area (Å²) in [6.45, 7) is 3.05. The zero-order chi connectivity index (χ0) is 14.0. The number of likely N-dealkylation sites (tertiary alicyclic amines) is 1. The Hall–Kier alpha value is -1.07. The first-order valence-electron chi connectivity index (χ1n) is 6.45. The lowest BCUT2D eigenvalue weighted by atomic mass is 9.93. The Morgan fingerprint density at radius 3 is 2.89 bits per heavy atom. The van der Waals surface area contributed by atoms with Crippen molar-refractivity contribution in [3.8, 4) is 5.75 Å². The molecule has 0 aliphatic carbocycles. The zero-order valence-electron chi connectivity index (χ0n) is 10.8. The number of aromatic hydroxyl groups is 1. The second kappa shape index (κ2) is 5.92. The molecular weight excluding hydrogens is 310 g/mol. The van der Waals surface area contributed by atoms with E-state index in [4.69, 9.17) is 0 Å². The van der Waals surface area contributed by atoms with Crippen LogP contribution in [-0.4, -0.2) is 40.2 Å². The lowest BCUT2D eigenvalue weighted by Crippen LogP contribution is -2.42. The van der Waals surface area contributed by atoms with E-state index in [2.05, 4.69) is 15.9 Å². The number of nitrogens with zero attached hydrogens (tertiary/aromatic N) is 1. The zero-order valence-corrected chi connectivity index (χ0v) is 12.4. The second-order valence-corrected chi connectivity index (χ2v) is 5.91. The fraction of sp³-hybridized carbons (Fsp3) is 0.500. The molecule has 0 radical (unpaired) electrons. The third-order valence-corrected chi connectivity index (χ3v) is 4.29. The highest BCUT2D eigenvalue weighted by Gasteiger charge is 2.27. The molecule has 1 aliphatic rings. The molecule has 1 heterocycles. The van der Waals surface area contributed by atoms with E-state index in [0.717, 1.165) is 12.8 Å².